The number of hydrogen-bond donors (Lipinski definition) is 1. The summed E-state index contributed by atoms with van der Waals surface area (Å²) in [6, 6.07) is 4.42. The van der Waals surface area contributed by atoms with E-state index in [4.69, 9.17) is 5.73 Å². The molecule has 0 heterocycles. The van der Waals surface area contributed by atoms with E-state index >= 15 is 0 Å². The minimum Gasteiger partial charge on any atom is -0.320 e. The molecular formula is C15H15N. The highest BCUT2D eigenvalue weighted by Crippen LogP contribution is 2.37. The van der Waals surface area contributed by atoms with E-state index in [2.05, 4.69) is 50.3 Å². The monoisotopic (exact) mass is 209 g/mol. The number of allylic oxidation sites excluding steroid dienone is 2. The Morgan fingerprint density at radius 2 is 2.00 bits per heavy atom. The predicted molar refractivity (Wildman–Crippen MR) is 69.0 cm³/mol. The van der Waals surface area contributed by atoms with Crippen LogP contribution in [0, 0.1) is 13.8 Å². The molecule has 0 radical (unpaired) electrons. The van der Waals surface area contributed by atoms with Crippen molar-refractivity contribution in [2.24, 2.45) is 5.73 Å². The predicted octanol–water partition coefficient (Wildman–Crippen LogP) is 2.98. The van der Waals surface area contributed by atoms with E-state index in [1.807, 2.05) is 0 Å². The van der Waals surface area contributed by atoms with Gasteiger partial charge in [-0.3, -0.25) is 0 Å². The van der Waals surface area contributed by atoms with Crippen LogP contribution in [0.3, 0.4) is 0 Å². The van der Waals surface area contributed by atoms with Gasteiger partial charge in [-0.15, -0.1) is 0 Å². The first-order valence-electron chi connectivity index (χ1n) is 5.64. The Kier molecular flexibility index (Phi) is 1.92. The Balaban J connectivity index is 2.35. The van der Waals surface area contributed by atoms with Crippen molar-refractivity contribution in [1.82, 2.24) is 0 Å². The van der Waals surface area contributed by atoms with E-state index in [-0.39, 0.29) is 6.04 Å². The average Bonchev–Trinajstić information content (AvgIpc) is 2.25. The number of hydrogen-bond acceptors (Lipinski definition) is 1. The smallest absolute Gasteiger partial charge is 0.0558 e. The third-order valence-electron chi connectivity index (χ3n) is 3.67. The van der Waals surface area contributed by atoms with E-state index < -0.39 is 0 Å². The summed E-state index contributed by atoms with van der Waals surface area (Å²) in [5.41, 5.74) is 14.0. The minimum absolute atomic E-state index is 0.0552. The molecule has 0 fully saturated rings. The quantitative estimate of drug-likeness (QED) is 0.698. The maximum Gasteiger partial charge on any atom is 0.0558 e. The van der Waals surface area contributed by atoms with Crippen molar-refractivity contribution in [3.05, 3.63) is 58.2 Å². The lowest BCUT2D eigenvalue weighted by Gasteiger charge is -2.28. The van der Waals surface area contributed by atoms with Gasteiger partial charge in [-0.1, -0.05) is 30.4 Å². The molecule has 1 atom stereocenters. The van der Waals surface area contributed by atoms with Crippen molar-refractivity contribution < 1.29 is 0 Å². The first-order chi connectivity index (χ1) is 7.68. The minimum atomic E-state index is 0.0552. The average molecular weight is 209 g/mol. The summed E-state index contributed by atoms with van der Waals surface area (Å²) in [6.07, 6.45) is 8.56. The molecule has 2 N–H and O–H groups in total. The van der Waals surface area contributed by atoms with Crippen LogP contribution in [0.2, 0.25) is 0 Å². The molecule has 3 rings (SSSR count). The summed E-state index contributed by atoms with van der Waals surface area (Å²) in [5, 5.41) is 0. The molecule has 0 saturated carbocycles. The highest BCUT2D eigenvalue weighted by atomic mass is 14.7. The van der Waals surface area contributed by atoms with E-state index in [1.165, 1.54) is 33.4 Å². The highest BCUT2D eigenvalue weighted by molar-refractivity contribution is 5.89. The molecule has 2 aliphatic carbocycles. The normalized spacial score (nSPS) is 21.3. The molecule has 0 saturated heterocycles. The Morgan fingerprint density at radius 1 is 1.19 bits per heavy atom. The van der Waals surface area contributed by atoms with Gasteiger partial charge in [0.2, 0.25) is 0 Å². The molecule has 1 unspecified atom stereocenters. The van der Waals surface area contributed by atoms with Gasteiger partial charge in [-0.05, 0) is 53.3 Å². The van der Waals surface area contributed by atoms with Crippen LogP contribution in [0.25, 0.3) is 11.6 Å². The van der Waals surface area contributed by atoms with Crippen molar-refractivity contribution in [1.29, 1.82) is 0 Å². The third-order valence-corrected chi connectivity index (χ3v) is 3.67. The second-order valence-electron chi connectivity index (χ2n) is 4.57. The molecule has 1 nitrogen and oxygen atoms in total. The maximum atomic E-state index is 6.20. The number of benzene rings is 1. The second kappa shape index (κ2) is 3.19. The lowest BCUT2D eigenvalue weighted by Crippen LogP contribution is -2.28. The van der Waals surface area contributed by atoms with E-state index in [0.717, 1.165) is 0 Å². The molecule has 2 aliphatic rings. The van der Waals surface area contributed by atoms with Gasteiger partial charge in [-0.2, -0.15) is 0 Å². The van der Waals surface area contributed by atoms with Gasteiger partial charge >= 0.3 is 0 Å². The SMILES string of the molecule is Cc1ccc2c(c1C)C=C1C=CC=C2C1N. The van der Waals surface area contributed by atoms with Crippen molar-refractivity contribution in [2.75, 3.05) is 0 Å². The van der Waals surface area contributed by atoms with Gasteiger partial charge in [0.15, 0.2) is 0 Å². The van der Waals surface area contributed by atoms with Crippen LogP contribution in [-0.2, 0) is 0 Å². The molecule has 0 aromatic heterocycles. The standard InChI is InChI=1S/C15H15N/c1-9-6-7-12-13-5-3-4-11(15(13)16)8-14(12)10(9)2/h3-8,15H,16H2,1-2H3. The second-order valence-corrected chi connectivity index (χ2v) is 4.57. The topological polar surface area (TPSA) is 26.0 Å². The summed E-state index contributed by atoms with van der Waals surface area (Å²) in [6.45, 7) is 4.34. The highest BCUT2D eigenvalue weighted by Gasteiger charge is 2.24. The van der Waals surface area contributed by atoms with Crippen LogP contribution < -0.4 is 5.73 Å². The van der Waals surface area contributed by atoms with Crippen LogP contribution >= 0.6 is 0 Å². The van der Waals surface area contributed by atoms with Crippen LogP contribution in [0.15, 0.2) is 35.9 Å². The molecule has 0 spiro atoms. The summed E-state index contributed by atoms with van der Waals surface area (Å²) >= 11 is 0. The molecule has 16 heavy (non-hydrogen) atoms. The van der Waals surface area contributed by atoms with Gasteiger partial charge in [0.25, 0.3) is 0 Å². The van der Waals surface area contributed by atoms with Gasteiger partial charge in [0.1, 0.15) is 0 Å². The Morgan fingerprint density at radius 3 is 2.81 bits per heavy atom. The first-order valence-corrected chi connectivity index (χ1v) is 5.64. The van der Waals surface area contributed by atoms with Crippen molar-refractivity contribution >= 4 is 11.6 Å². The molecular weight excluding hydrogens is 194 g/mol. The molecule has 1 aromatic rings. The van der Waals surface area contributed by atoms with Gasteiger partial charge in [0.05, 0.1) is 6.04 Å². The number of fused-ring (bicyclic) bond motifs is 4. The zero-order valence-corrected chi connectivity index (χ0v) is 9.62. The lowest BCUT2D eigenvalue weighted by molar-refractivity contribution is 0.986. The molecule has 2 bridgehead atoms. The zero-order chi connectivity index (χ0) is 11.3. The van der Waals surface area contributed by atoms with E-state index in [0.29, 0.717) is 0 Å². The summed E-state index contributed by atoms with van der Waals surface area (Å²) in [5.74, 6) is 0. The maximum absolute atomic E-state index is 6.20. The van der Waals surface area contributed by atoms with Crippen LogP contribution in [-0.4, -0.2) is 6.04 Å². The van der Waals surface area contributed by atoms with Gasteiger partial charge < -0.3 is 5.73 Å². The number of rotatable bonds is 0. The van der Waals surface area contributed by atoms with Gasteiger partial charge in [0, 0.05) is 0 Å². The molecule has 0 amide bonds. The molecule has 80 valence electrons. The van der Waals surface area contributed by atoms with Crippen LogP contribution in [0.1, 0.15) is 22.3 Å². The summed E-state index contributed by atoms with van der Waals surface area (Å²) in [7, 11) is 0. The lowest BCUT2D eigenvalue weighted by atomic mass is 9.79. The van der Waals surface area contributed by atoms with Gasteiger partial charge in [-0.25, -0.2) is 0 Å². The Labute approximate surface area is 96.0 Å². The molecule has 0 aliphatic heterocycles. The van der Waals surface area contributed by atoms with Crippen molar-refractivity contribution in [2.45, 2.75) is 19.9 Å². The molecule has 1 heteroatoms. The fraction of sp³-hybridized carbons (Fsp3) is 0.200. The molecule has 1 aromatic carbocycles. The fourth-order valence-electron chi connectivity index (χ4n) is 2.49. The first kappa shape index (κ1) is 9.61. The summed E-state index contributed by atoms with van der Waals surface area (Å²) in [4.78, 5) is 0. The zero-order valence-electron chi connectivity index (χ0n) is 9.62. The number of aryl methyl sites for hydroxylation is 1. The van der Waals surface area contributed by atoms with E-state index in [1.54, 1.807) is 0 Å². The Bertz CT molecular complexity index is 559. The number of nitrogens with two attached hydrogens (primary N) is 1. The largest absolute Gasteiger partial charge is 0.320 e. The Hall–Kier alpha value is -1.60. The van der Waals surface area contributed by atoms with Crippen molar-refractivity contribution in [3.63, 3.8) is 0 Å². The van der Waals surface area contributed by atoms with E-state index in [9.17, 15) is 0 Å². The fourth-order valence-corrected chi connectivity index (χ4v) is 2.49. The summed E-state index contributed by atoms with van der Waals surface area (Å²) < 4.78 is 0. The van der Waals surface area contributed by atoms with Crippen LogP contribution in [0.4, 0.5) is 0 Å². The third kappa shape index (κ3) is 1.15. The van der Waals surface area contributed by atoms with Crippen LogP contribution in [0.5, 0.6) is 0 Å². The van der Waals surface area contributed by atoms with Crippen molar-refractivity contribution in [3.8, 4) is 0 Å².